The predicted octanol–water partition coefficient (Wildman–Crippen LogP) is 2.53. The van der Waals surface area contributed by atoms with Gasteiger partial charge in [-0.3, -0.25) is 9.59 Å². The molecule has 27 heavy (non-hydrogen) atoms. The number of aromatic hydroxyl groups is 1. The van der Waals surface area contributed by atoms with Crippen LogP contribution in [0.4, 0.5) is 0 Å². The Hall–Kier alpha value is -3.28. The van der Waals surface area contributed by atoms with Crippen LogP contribution in [0.1, 0.15) is 17.5 Å². The Morgan fingerprint density at radius 3 is 2.70 bits per heavy atom. The largest absolute Gasteiger partial charge is 0.508 e. The summed E-state index contributed by atoms with van der Waals surface area (Å²) in [4.78, 5) is 27.1. The zero-order valence-electron chi connectivity index (χ0n) is 15.1. The first-order chi connectivity index (χ1) is 13.1. The van der Waals surface area contributed by atoms with E-state index in [1.54, 1.807) is 25.3 Å². The average Bonchev–Trinajstić information content (AvgIpc) is 2.67. The molecule has 0 fully saturated rings. The Balaban J connectivity index is 1.56. The van der Waals surface area contributed by atoms with Crippen LogP contribution in [0.15, 0.2) is 53.3 Å². The number of ether oxygens (including phenoxy) is 1. The number of amides is 1. The van der Waals surface area contributed by atoms with Crippen molar-refractivity contribution in [1.29, 1.82) is 0 Å². The number of benzene rings is 2. The van der Waals surface area contributed by atoms with Crippen LogP contribution >= 0.6 is 0 Å². The number of nitrogens with one attached hydrogen (secondary N) is 2. The molecule has 1 aromatic heterocycles. The van der Waals surface area contributed by atoms with Crippen molar-refractivity contribution in [3.63, 3.8) is 0 Å². The molecule has 1 heterocycles. The second-order valence-corrected chi connectivity index (χ2v) is 6.31. The highest BCUT2D eigenvalue weighted by Gasteiger charge is 2.08. The number of hydrogen-bond donors (Lipinski definition) is 3. The fraction of sp³-hybridized carbons (Fsp3) is 0.238. The Morgan fingerprint density at radius 2 is 1.93 bits per heavy atom. The summed E-state index contributed by atoms with van der Waals surface area (Å²) >= 11 is 0. The van der Waals surface area contributed by atoms with Gasteiger partial charge in [0, 0.05) is 24.6 Å². The van der Waals surface area contributed by atoms with Crippen LogP contribution in [0.25, 0.3) is 10.9 Å². The van der Waals surface area contributed by atoms with Gasteiger partial charge in [-0.15, -0.1) is 0 Å². The molecule has 0 aliphatic heterocycles. The van der Waals surface area contributed by atoms with Gasteiger partial charge in [0.05, 0.1) is 12.6 Å². The van der Waals surface area contributed by atoms with E-state index in [2.05, 4.69) is 10.3 Å². The summed E-state index contributed by atoms with van der Waals surface area (Å²) in [7, 11) is 1.57. The van der Waals surface area contributed by atoms with Crippen molar-refractivity contribution in [3.8, 4) is 11.5 Å². The smallest absolute Gasteiger partial charge is 0.251 e. The lowest BCUT2D eigenvalue weighted by Crippen LogP contribution is -2.26. The van der Waals surface area contributed by atoms with E-state index in [0.717, 1.165) is 10.9 Å². The summed E-state index contributed by atoms with van der Waals surface area (Å²) in [6.07, 6.45) is 1.14. The number of hydrogen-bond acceptors (Lipinski definition) is 4. The first-order valence-electron chi connectivity index (χ1n) is 8.80. The topological polar surface area (TPSA) is 91.4 Å². The van der Waals surface area contributed by atoms with E-state index >= 15 is 0 Å². The number of methoxy groups -OCH3 is 1. The number of aromatic nitrogens is 1. The second kappa shape index (κ2) is 8.40. The fourth-order valence-electron chi connectivity index (χ4n) is 2.93. The highest BCUT2D eigenvalue weighted by molar-refractivity contribution is 5.81. The van der Waals surface area contributed by atoms with Gasteiger partial charge < -0.3 is 20.1 Å². The summed E-state index contributed by atoms with van der Waals surface area (Å²) in [5.41, 5.74) is 1.87. The molecule has 0 saturated heterocycles. The lowest BCUT2D eigenvalue weighted by Gasteiger charge is -2.07. The van der Waals surface area contributed by atoms with Crippen LogP contribution in [-0.2, 0) is 17.6 Å². The molecule has 3 N–H and O–H groups in total. The SMILES string of the molecule is COc1ccc2cc(CCC(=O)NCCc3ccccc3O)c(=O)[nH]c2c1. The maximum atomic E-state index is 12.2. The molecule has 3 aromatic rings. The Kier molecular flexibility index (Phi) is 5.76. The van der Waals surface area contributed by atoms with Crippen LogP contribution in [0.2, 0.25) is 0 Å². The second-order valence-electron chi connectivity index (χ2n) is 6.31. The van der Waals surface area contributed by atoms with E-state index in [1.807, 2.05) is 30.3 Å². The standard InChI is InChI=1S/C21H22N2O4/c1-27-17-8-6-15-12-16(21(26)23-18(15)13-17)7-9-20(25)22-11-10-14-4-2-3-5-19(14)24/h2-6,8,12-13,24H,7,9-11H2,1H3,(H,22,25)(H,23,26). The van der Waals surface area contributed by atoms with Crippen molar-refractivity contribution in [2.24, 2.45) is 0 Å². The highest BCUT2D eigenvalue weighted by Crippen LogP contribution is 2.19. The summed E-state index contributed by atoms with van der Waals surface area (Å²) in [5, 5.41) is 13.4. The number of para-hydroxylation sites is 1. The summed E-state index contributed by atoms with van der Waals surface area (Å²) in [5.74, 6) is 0.778. The molecular weight excluding hydrogens is 344 g/mol. The summed E-state index contributed by atoms with van der Waals surface area (Å²) in [6, 6.07) is 14.3. The Bertz CT molecular complexity index is 1010. The fourth-order valence-corrected chi connectivity index (χ4v) is 2.93. The van der Waals surface area contributed by atoms with Gasteiger partial charge in [0.25, 0.3) is 5.56 Å². The minimum Gasteiger partial charge on any atom is -0.508 e. The minimum atomic E-state index is -0.197. The van der Waals surface area contributed by atoms with E-state index in [-0.39, 0.29) is 23.6 Å². The van der Waals surface area contributed by atoms with Gasteiger partial charge in [0.2, 0.25) is 5.91 Å². The molecule has 3 rings (SSSR count). The molecule has 0 spiro atoms. The van der Waals surface area contributed by atoms with Gasteiger partial charge in [-0.1, -0.05) is 18.2 Å². The third kappa shape index (κ3) is 4.67. The van der Waals surface area contributed by atoms with Gasteiger partial charge in [-0.25, -0.2) is 0 Å². The van der Waals surface area contributed by atoms with Crippen molar-refractivity contribution < 1.29 is 14.6 Å². The highest BCUT2D eigenvalue weighted by atomic mass is 16.5. The normalized spacial score (nSPS) is 10.7. The molecule has 0 saturated carbocycles. The van der Waals surface area contributed by atoms with Gasteiger partial charge in [-0.05, 0) is 48.1 Å². The van der Waals surface area contributed by atoms with E-state index < -0.39 is 0 Å². The lowest BCUT2D eigenvalue weighted by atomic mass is 10.1. The Labute approximate surface area is 156 Å². The van der Waals surface area contributed by atoms with Crippen molar-refractivity contribution in [2.75, 3.05) is 13.7 Å². The Morgan fingerprint density at radius 1 is 1.11 bits per heavy atom. The third-order valence-electron chi connectivity index (χ3n) is 4.46. The van der Waals surface area contributed by atoms with Gasteiger partial charge in [-0.2, -0.15) is 0 Å². The lowest BCUT2D eigenvalue weighted by molar-refractivity contribution is -0.121. The number of phenols is 1. The molecule has 0 aliphatic carbocycles. The molecule has 140 valence electrons. The third-order valence-corrected chi connectivity index (χ3v) is 4.46. The van der Waals surface area contributed by atoms with Crippen molar-refractivity contribution >= 4 is 16.8 Å². The molecule has 6 heteroatoms. The number of carbonyl (C=O) groups excluding carboxylic acids is 1. The maximum absolute atomic E-state index is 12.2. The number of H-pyrrole nitrogens is 1. The molecule has 1 amide bonds. The average molecular weight is 366 g/mol. The van der Waals surface area contributed by atoms with Gasteiger partial charge in [0.15, 0.2) is 0 Å². The van der Waals surface area contributed by atoms with Crippen LogP contribution in [0, 0.1) is 0 Å². The molecule has 0 radical (unpaired) electrons. The van der Waals surface area contributed by atoms with Crippen molar-refractivity contribution in [2.45, 2.75) is 19.3 Å². The van der Waals surface area contributed by atoms with Gasteiger partial charge >= 0.3 is 0 Å². The predicted molar refractivity (Wildman–Crippen MR) is 104 cm³/mol. The zero-order chi connectivity index (χ0) is 19.2. The van der Waals surface area contributed by atoms with Crippen LogP contribution in [0.3, 0.4) is 0 Å². The number of rotatable bonds is 7. The molecule has 0 bridgehead atoms. The van der Waals surface area contributed by atoms with E-state index in [9.17, 15) is 14.7 Å². The maximum Gasteiger partial charge on any atom is 0.251 e. The molecule has 0 atom stereocenters. The van der Waals surface area contributed by atoms with Gasteiger partial charge in [0.1, 0.15) is 11.5 Å². The van der Waals surface area contributed by atoms with Crippen LogP contribution < -0.4 is 15.6 Å². The molecule has 6 nitrogen and oxygen atoms in total. The first kappa shape index (κ1) is 18.5. The number of phenolic OH excluding ortho intramolecular Hbond substituents is 1. The minimum absolute atomic E-state index is 0.125. The summed E-state index contributed by atoms with van der Waals surface area (Å²) < 4.78 is 5.16. The first-order valence-corrected chi connectivity index (χ1v) is 8.80. The monoisotopic (exact) mass is 366 g/mol. The molecular formula is C21H22N2O4. The van der Waals surface area contributed by atoms with E-state index in [4.69, 9.17) is 4.74 Å². The van der Waals surface area contributed by atoms with Crippen molar-refractivity contribution in [1.82, 2.24) is 10.3 Å². The molecule has 0 unspecified atom stereocenters. The quantitative estimate of drug-likeness (QED) is 0.599. The van der Waals surface area contributed by atoms with E-state index in [1.165, 1.54) is 0 Å². The number of aryl methyl sites for hydroxylation is 1. The number of aromatic amines is 1. The number of pyridine rings is 1. The van der Waals surface area contributed by atoms with Crippen LogP contribution in [-0.4, -0.2) is 29.7 Å². The number of carbonyl (C=O) groups is 1. The molecule has 0 aliphatic rings. The molecule has 2 aromatic carbocycles. The summed E-state index contributed by atoms with van der Waals surface area (Å²) in [6.45, 7) is 0.435. The van der Waals surface area contributed by atoms with Crippen molar-refractivity contribution in [3.05, 3.63) is 70.0 Å². The van der Waals surface area contributed by atoms with Crippen LogP contribution in [0.5, 0.6) is 11.5 Å². The van der Waals surface area contributed by atoms with E-state index in [0.29, 0.717) is 36.2 Å². The zero-order valence-corrected chi connectivity index (χ0v) is 15.1. The number of fused-ring (bicyclic) bond motifs is 1.